The molecule has 0 unspecified atom stereocenters. The molecule has 0 fully saturated rings. The molecule has 27 heavy (non-hydrogen) atoms. The first-order chi connectivity index (χ1) is 12.9. The predicted octanol–water partition coefficient (Wildman–Crippen LogP) is 5.30. The van der Waals surface area contributed by atoms with Gasteiger partial charge in [-0.2, -0.15) is 0 Å². The molecule has 0 spiro atoms. The third kappa shape index (κ3) is 5.41. The molecule has 1 aliphatic rings. The Bertz CT molecular complexity index is 646. The van der Waals surface area contributed by atoms with E-state index in [2.05, 4.69) is 6.92 Å². The summed E-state index contributed by atoms with van der Waals surface area (Å²) in [5, 5.41) is 0.600. The van der Waals surface area contributed by atoms with Crippen LogP contribution in [-0.4, -0.2) is 22.8 Å². The standard InChI is InChI=1S/C22H31NO4/c1-4-5-6-7-8-9-10-13-16-22(2,3)21(26)27-23-19(24)17-14-11-12-15-18(17)20(23)25/h11-12,14-15H,4-10,13,16H2,1-3H3. The first-order valence-electron chi connectivity index (χ1n) is 10.1. The summed E-state index contributed by atoms with van der Waals surface area (Å²) in [4.78, 5) is 42.3. The van der Waals surface area contributed by atoms with Gasteiger partial charge in [-0.05, 0) is 32.4 Å². The summed E-state index contributed by atoms with van der Waals surface area (Å²) in [6.07, 6.45) is 10.2. The molecule has 2 amide bonds. The van der Waals surface area contributed by atoms with Gasteiger partial charge in [0.15, 0.2) is 0 Å². The van der Waals surface area contributed by atoms with E-state index in [0.717, 1.165) is 12.8 Å². The smallest absolute Gasteiger partial charge is 0.329 e. The lowest BCUT2D eigenvalue weighted by Crippen LogP contribution is -2.38. The maximum absolute atomic E-state index is 12.5. The molecule has 1 aromatic carbocycles. The van der Waals surface area contributed by atoms with Crippen LogP contribution >= 0.6 is 0 Å². The van der Waals surface area contributed by atoms with E-state index in [1.54, 1.807) is 38.1 Å². The van der Waals surface area contributed by atoms with Crippen LogP contribution in [0.25, 0.3) is 0 Å². The number of carbonyl (C=O) groups excluding carboxylic acids is 3. The van der Waals surface area contributed by atoms with E-state index < -0.39 is 23.2 Å². The summed E-state index contributed by atoms with van der Waals surface area (Å²) >= 11 is 0. The first-order valence-corrected chi connectivity index (χ1v) is 10.1. The molecule has 0 atom stereocenters. The largest absolute Gasteiger partial charge is 0.338 e. The fourth-order valence-corrected chi connectivity index (χ4v) is 3.26. The van der Waals surface area contributed by atoms with Crippen LogP contribution in [0.5, 0.6) is 0 Å². The Morgan fingerprint density at radius 3 is 1.89 bits per heavy atom. The molecule has 0 bridgehead atoms. The van der Waals surface area contributed by atoms with Crippen molar-refractivity contribution in [1.29, 1.82) is 0 Å². The van der Waals surface area contributed by atoms with Crippen molar-refractivity contribution in [2.24, 2.45) is 5.41 Å². The van der Waals surface area contributed by atoms with Gasteiger partial charge in [0.2, 0.25) is 0 Å². The van der Waals surface area contributed by atoms with Gasteiger partial charge in [-0.1, -0.05) is 75.5 Å². The van der Waals surface area contributed by atoms with Crippen LogP contribution in [-0.2, 0) is 9.63 Å². The Kier molecular flexibility index (Phi) is 7.57. The molecule has 0 aromatic heterocycles. The number of carbonyl (C=O) groups is 3. The fourth-order valence-electron chi connectivity index (χ4n) is 3.26. The van der Waals surface area contributed by atoms with E-state index >= 15 is 0 Å². The van der Waals surface area contributed by atoms with Gasteiger partial charge < -0.3 is 4.84 Å². The highest BCUT2D eigenvalue weighted by Gasteiger charge is 2.41. The second-order valence-electron chi connectivity index (χ2n) is 7.94. The number of hydroxylamine groups is 2. The normalized spacial score (nSPS) is 13.8. The predicted molar refractivity (Wildman–Crippen MR) is 104 cm³/mol. The zero-order valence-corrected chi connectivity index (χ0v) is 16.8. The summed E-state index contributed by atoms with van der Waals surface area (Å²) in [5.41, 5.74) is -0.190. The second-order valence-corrected chi connectivity index (χ2v) is 7.94. The van der Waals surface area contributed by atoms with Crippen LogP contribution in [0, 0.1) is 5.41 Å². The van der Waals surface area contributed by atoms with Crippen molar-refractivity contribution in [2.45, 2.75) is 78.6 Å². The minimum atomic E-state index is -0.739. The van der Waals surface area contributed by atoms with Crippen LogP contribution in [0.4, 0.5) is 0 Å². The number of imide groups is 1. The number of amides is 2. The number of rotatable bonds is 11. The van der Waals surface area contributed by atoms with Crippen molar-refractivity contribution in [2.75, 3.05) is 0 Å². The van der Waals surface area contributed by atoms with E-state index in [4.69, 9.17) is 4.84 Å². The maximum atomic E-state index is 12.5. The van der Waals surface area contributed by atoms with E-state index in [-0.39, 0.29) is 11.1 Å². The van der Waals surface area contributed by atoms with Gasteiger partial charge in [0.1, 0.15) is 0 Å². The molecule has 5 heteroatoms. The third-order valence-corrected chi connectivity index (χ3v) is 5.14. The van der Waals surface area contributed by atoms with Crippen molar-refractivity contribution < 1.29 is 19.2 Å². The SMILES string of the molecule is CCCCCCCCCCC(C)(C)C(=O)ON1C(=O)c2ccccc2C1=O. The third-order valence-electron chi connectivity index (χ3n) is 5.14. The van der Waals surface area contributed by atoms with E-state index in [0.29, 0.717) is 11.5 Å². The summed E-state index contributed by atoms with van der Waals surface area (Å²) in [7, 11) is 0. The number of hydrogen-bond donors (Lipinski definition) is 0. The molecule has 148 valence electrons. The number of unbranched alkanes of at least 4 members (excludes halogenated alkanes) is 7. The second kappa shape index (κ2) is 9.67. The summed E-state index contributed by atoms with van der Waals surface area (Å²) < 4.78 is 0. The Morgan fingerprint density at radius 2 is 1.37 bits per heavy atom. The van der Waals surface area contributed by atoms with Crippen molar-refractivity contribution in [3.8, 4) is 0 Å². The highest BCUT2D eigenvalue weighted by atomic mass is 16.7. The van der Waals surface area contributed by atoms with Gasteiger partial charge in [0.25, 0.3) is 11.8 Å². The van der Waals surface area contributed by atoms with Crippen LogP contribution < -0.4 is 0 Å². The maximum Gasteiger partial charge on any atom is 0.338 e. The Labute approximate surface area is 162 Å². The molecule has 0 saturated heterocycles. The first kappa shape index (κ1) is 21.1. The molecule has 0 saturated carbocycles. The summed E-state index contributed by atoms with van der Waals surface area (Å²) in [5.74, 6) is -1.70. The quantitative estimate of drug-likeness (QED) is 0.390. The minimum absolute atomic E-state index is 0.274. The van der Waals surface area contributed by atoms with E-state index in [9.17, 15) is 14.4 Å². The molecule has 1 heterocycles. The molecule has 1 aromatic rings. The van der Waals surface area contributed by atoms with Gasteiger partial charge in [-0.15, -0.1) is 0 Å². The molecule has 2 rings (SSSR count). The van der Waals surface area contributed by atoms with Crippen molar-refractivity contribution in [1.82, 2.24) is 5.06 Å². The van der Waals surface area contributed by atoms with Gasteiger partial charge in [-0.25, -0.2) is 4.79 Å². The Morgan fingerprint density at radius 1 is 0.889 bits per heavy atom. The number of nitrogens with zero attached hydrogens (tertiary/aromatic N) is 1. The number of benzene rings is 1. The highest BCUT2D eigenvalue weighted by molar-refractivity contribution is 6.20. The van der Waals surface area contributed by atoms with Crippen LogP contribution in [0.2, 0.25) is 0 Å². The van der Waals surface area contributed by atoms with E-state index in [1.165, 1.54) is 38.5 Å². The number of fused-ring (bicyclic) bond motifs is 1. The molecule has 0 N–H and O–H groups in total. The lowest BCUT2D eigenvalue weighted by molar-refractivity contribution is -0.179. The summed E-state index contributed by atoms with van der Waals surface area (Å²) in [6, 6.07) is 6.49. The van der Waals surface area contributed by atoms with Crippen molar-refractivity contribution >= 4 is 17.8 Å². The van der Waals surface area contributed by atoms with E-state index in [1.807, 2.05) is 0 Å². The summed E-state index contributed by atoms with van der Waals surface area (Å²) in [6.45, 7) is 5.81. The average molecular weight is 373 g/mol. The molecule has 1 aliphatic heterocycles. The topological polar surface area (TPSA) is 63.7 Å². The Balaban J connectivity index is 1.78. The molecule has 5 nitrogen and oxygen atoms in total. The monoisotopic (exact) mass is 373 g/mol. The lowest BCUT2D eigenvalue weighted by Gasteiger charge is -2.24. The van der Waals surface area contributed by atoms with Crippen molar-refractivity contribution in [3.05, 3.63) is 35.4 Å². The van der Waals surface area contributed by atoms with Crippen LogP contribution in [0.15, 0.2) is 24.3 Å². The zero-order valence-electron chi connectivity index (χ0n) is 16.8. The van der Waals surface area contributed by atoms with Gasteiger partial charge >= 0.3 is 5.97 Å². The number of hydrogen-bond acceptors (Lipinski definition) is 4. The zero-order chi connectivity index (χ0) is 19.9. The highest BCUT2D eigenvalue weighted by Crippen LogP contribution is 2.29. The Hall–Kier alpha value is -2.17. The molecule has 0 radical (unpaired) electrons. The van der Waals surface area contributed by atoms with Crippen molar-refractivity contribution in [3.63, 3.8) is 0 Å². The van der Waals surface area contributed by atoms with Gasteiger partial charge in [0, 0.05) is 0 Å². The molecular formula is C22H31NO4. The van der Waals surface area contributed by atoms with Gasteiger partial charge in [0.05, 0.1) is 16.5 Å². The van der Waals surface area contributed by atoms with Gasteiger partial charge in [-0.3, -0.25) is 9.59 Å². The van der Waals surface area contributed by atoms with Crippen LogP contribution in [0.3, 0.4) is 0 Å². The minimum Gasteiger partial charge on any atom is -0.329 e. The van der Waals surface area contributed by atoms with Crippen LogP contribution in [0.1, 0.15) is 99.3 Å². The lowest BCUT2D eigenvalue weighted by atomic mass is 9.87. The molecular weight excluding hydrogens is 342 g/mol. The fraction of sp³-hybridized carbons (Fsp3) is 0.591. The average Bonchev–Trinajstić information content (AvgIpc) is 2.89. The molecule has 0 aliphatic carbocycles.